The number of carbonyl (C=O) groups excluding carboxylic acids is 1. The normalized spacial score (nSPS) is 14.4. The molecule has 150 valence electrons. The monoisotopic (exact) mass is 404 g/mol. The average molecular weight is 404 g/mol. The van der Waals surface area contributed by atoms with E-state index in [0.717, 1.165) is 12.2 Å². The molecule has 0 bridgehead atoms. The Labute approximate surface area is 170 Å². The Balaban J connectivity index is 1.53. The fraction of sp³-hybridized carbons (Fsp3) is 0.143. The van der Waals surface area contributed by atoms with E-state index in [9.17, 15) is 14.3 Å². The summed E-state index contributed by atoms with van der Waals surface area (Å²) in [5, 5.41) is 21.4. The number of phenolic OH excluding ortho intramolecular Hbond substituents is 1. The van der Waals surface area contributed by atoms with E-state index in [1.165, 1.54) is 18.2 Å². The highest BCUT2D eigenvalue weighted by Gasteiger charge is 2.19. The van der Waals surface area contributed by atoms with Crippen molar-refractivity contribution in [3.63, 3.8) is 0 Å². The van der Waals surface area contributed by atoms with E-state index >= 15 is 0 Å². The van der Waals surface area contributed by atoms with E-state index in [0.29, 0.717) is 35.6 Å². The van der Waals surface area contributed by atoms with Crippen LogP contribution in [0.3, 0.4) is 0 Å². The number of amides is 1. The quantitative estimate of drug-likeness (QED) is 0.544. The van der Waals surface area contributed by atoms with Crippen molar-refractivity contribution < 1.29 is 14.3 Å². The zero-order valence-corrected chi connectivity index (χ0v) is 15.8. The number of nitrogens with one attached hydrogen (secondary N) is 1. The molecule has 1 fully saturated rings. The highest BCUT2D eigenvalue weighted by Crippen LogP contribution is 2.30. The van der Waals surface area contributed by atoms with Gasteiger partial charge in [0.05, 0.1) is 29.6 Å². The number of rotatable bonds is 3. The SMILES string of the molecule is O=C1CNCCN1c1ccc(-n2ccc3nnc(-c4cc(F)ccc4O)cc32)nc1. The molecule has 0 spiro atoms. The van der Waals surface area contributed by atoms with Crippen LogP contribution in [-0.4, -0.2) is 50.4 Å². The fourth-order valence-electron chi connectivity index (χ4n) is 3.53. The van der Waals surface area contributed by atoms with Crippen LogP contribution < -0.4 is 10.2 Å². The zero-order chi connectivity index (χ0) is 20.7. The number of nitrogens with zero attached hydrogens (tertiary/aromatic N) is 5. The number of hydrogen-bond donors (Lipinski definition) is 2. The first-order valence-electron chi connectivity index (χ1n) is 9.41. The van der Waals surface area contributed by atoms with Crippen LogP contribution in [-0.2, 0) is 4.79 Å². The van der Waals surface area contributed by atoms with E-state index < -0.39 is 5.82 Å². The molecule has 3 aromatic heterocycles. The van der Waals surface area contributed by atoms with Gasteiger partial charge >= 0.3 is 0 Å². The number of benzene rings is 1. The fourth-order valence-corrected chi connectivity index (χ4v) is 3.53. The van der Waals surface area contributed by atoms with Crippen LogP contribution in [0.15, 0.2) is 54.9 Å². The molecule has 2 N–H and O–H groups in total. The predicted molar refractivity (Wildman–Crippen MR) is 109 cm³/mol. The van der Waals surface area contributed by atoms with E-state index in [2.05, 4.69) is 20.5 Å². The van der Waals surface area contributed by atoms with Crippen molar-refractivity contribution in [2.75, 3.05) is 24.5 Å². The first-order chi connectivity index (χ1) is 14.6. The molecule has 0 unspecified atom stereocenters. The smallest absolute Gasteiger partial charge is 0.241 e. The lowest BCUT2D eigenvalue weighted by atomic mass is 10.1. The minimum Gasteiger partial charge on any atom is -0.507 e. The van der Waals surface area contributed by atoms with Gasteiger partial charge in [-0.3, -0.25) is 9.36 Å². The van der Waals surface area contributed by atoms with E-state index in [1.54, 1.807) is 23.2 Å². The molecule has 1 aliphatic heterocycles. The van der Waals surface area contributed by atoms with Crippen molar-refractivity contribution in [1.82, 2.24) is 25.1 Å². The van der Waals surface area contributed by atoms with Crippen molar-refractivity contribution in [1.29, 1.82) is 0 Å². The molecule has 4 aromatic rings. The molecule has 1 aliphatic rings. The lowest BCUT2D eigenvalue weighted by molar-refractivity contribution is -0.118. The molecule has 0 atom stereocenters. The number of anilines is 1. The third-order valence-corrected chi connectivity index (χ3v) is 5.06. The van der Waals surface area contributed by atoms with Crippen molar-refractivity contribution in [3.05, 3.63) is 60.7 Å². The molecule has 1 saturated heterocycles. The Morgan fingerprint density at radius 2 is 2.00 bits per heavy atom. The largest absolute Gasteiger partial charge is 0.507 e. The number of fused-ring (bicyclic) bond motifs is 1. The summed E-state index contributed by atoms with van der Waals surface area (Å²) in [5.41, 5.74) is 2.70. The van der Waals surface area contributed by atoms with Crippen LogP contribution >= 0.6 is 0 Å². The van der Waals surface area contributed by atoms with E-state index in [1.807, 2.05) is 22.9 Å². The summed E-state index contributed by atoms with van der Waals surface area (Å²) in [4.78, 5) is 18.3. The Morgan fingerprint density at radius 1 is 1.10 bits per heavy atom. The van der Waals surface area contributed by atoms with Crippen molar-refractivity contribution in [3.8, 4) is 22.8 Å². The van der Waals surface area contributed by atoms with Gasteiger partial charge in [0.1, 0.15) is 22.9 Å². The van der Waals surface area contributed by atoms with Gasteiger partial charge in [-0.1, -0.05) is 0 Å². The van der Waals surface area contributed by atoms with Crippen LogP contribution in [0.1, 0.15) is 0 Å². The highest BCUT2D eigenvalue weighted by molar-refractivity contribution is 5.95. The molecule has 30 heavy (non-hydrogen) atoms. The average Bonchev–Trinajstić information content (AvgIpc) is 3.19. The van der Waals surface area contributed by atoms with Gasteiger partial charge in [-0.15, -0.1) is 10.2 Å². The van der Waals surface area contributed by atoms with Crippen LogP contribution in [0.2, 0.25) is 0 Å². The number of aromatic hydroxyl groups is 1. The second-order valence-corrected chi connectivity index (χ2v) is 6.94. The molecule has 4 heterocycles. The summed E-state index contributed by atoms with van der Waals surface area (Å²) < 4.78 is 15.5. The summed E-state index contributed by atoms with van der Waals surface area (Å²) in [5.74, 6) is 0.0990. The van der Waals surface area contributed by atoms with Crippen molar-refractivity contribution in [2.45, 2.75) is 0 Å². The molecule has 0 aliphatic carbocycles. The molecule has 1 amide bonds. The number of pyridine rings is 1. The lowest BCUT2D eigenvalue weighted by Crippen LogP contribution is -2.48. The summed E-state index contributed by atoms with van der Waals surface area (Å²) in [6.45, 7) is 1.66. The standard InChI is InChI=1S/C21H17FN6O2/c22-13-1-3-19(29)15(9-13)17-10-18-16(25-26-17)5-7-28(18)20-4-2-14(11-24-20)27-8-6-23-12-21(27)30/h1-5,7,9-11,23,29H,6,8,12H2. The van der Waals surface area contributed by atoms with Crippen LogP contribution in [0.5, 0.6) is 5.75 Å². The molecular formula is C21H17FN6O2. The van der Waals surface area contributed by atoms with Crippen molar-refractivity contribution in [2.24, 2.45) is 0 Å². The van der Waals surface area contributed by atoms with Crippen LogP contribution in [0.4, 0.5) is 10.1 Å². The molecule has 9 heteroatoms. The molecule has 0 radical (unpaired) electrons. The summed E-state index contributed by atoms with van der Waals surface area (Å²) in [6, 6.07) is 10.9. The second-order valence-electron chi connectivity index (χ2n) is 6.94. The Hall–Kier alpha value is -3.85. The minimum atomic E-state index is -0.472. The maximum Gasteiger partial charge on any atom is 0.241 e. The summed E-state index contributed by atoms with van der Waals surface area (Å²) >= 11 is 0. The molecule has 1 aromatic carbocycles. The number of piperazine rings is 1. The third kappa shape index (κ3) is 3.15. The molecule has 8 nitrogen and oxygen atoms in total. The van der Waals surface area contributed by atoms with Crippen molar-refractivity contribution >= 4 is 22.6 Å². The highest BCUT2D eigenvalue weighted by atomic mass is 19.1. The van der Waals surface area contributed by atoms with Crippen LogP contribution in [0, 0.1) is 5.82 Å². The number of aromatic nitrogens is 4. The number of carbonyl (C=O) groups is 1. The summed E-state index contributed by atoms with van der Waals surface area (Å²) in [6.07, 6.45) is 3.48. The van der Waals surface area contributed by atoms with Gasteiger partial charge in [0, 0.05) is 24.8 Å². The van der Waals surface area contributed by atoms with Gasteiger partial charge in [-0.05, 0) is 42.5 Å². The number of halogens is 1. The first-order valence-corrected chi connectivity index (χ1v) is 9.41. The Kier molecular flexibility index (Phi) is 4.36. The van der Waals surface area contributed by atoms with Gasteiger partial charge in [-0.2, -0.15) is 0 Å². The predicted octanol–water partition coefficient (Wildman–Crippen LogP) is 2.26. The first kappa shape index (κ1) is 18.2. The zero-order valence-electron chi connectivity index (χ0n) is 15.8. The number of phenols is 1. The van der Waals surface area contributed by atoms with Gasteiger partial charge in [0.25, 0.3) is 0 Å². The Morgan fingerprint density at radius 3 is 2.80 bits per heavy atom. The van der Waals surface area contributed by atoms with E-state index in [-0.39, 0.29) is 17.2 Å². The number of hydrogen-bond acceptors (Lipinski definition) is 6. The molecule has 0 saturated carbocycles. The maximum atomic E-state index is 13.6. The Bertz CT molecular complexity index is 1250. The van der Waals surface area contributed by atoms with Gasteiger partial charge in [-0.25, -0.2) is 9.37 Å². The van der Waals surface area contributed by atoms with E-state index in [4.69, 9.17) is 0 Å². The van der Waals surface area contributed by atoms with Gasteiger partial charge < -0.3 is 15.3 Å². The molecule has 5 rings (SSSR count). The van der Waals surface area contributed by atoms with Crippen LogP contribution in [0.25, 0.3) is 28.1 Å². The van der Waals surface area contributed by atoms with Gasteiger partial charge in [0.15, 0.2) is 0 Å². The maximum absolute atomic E-state index is 13.6. The minimum absolute atomic E-state index is 0.0111. The third-order valence-electron chi connectivity index (χ3n) is 5.06. The lowest BCUT2D eigenvalue weighted by Gasteiger charge is -2.27. The second kappa shape index (κ2) is 7.20. The summed E-state index contributed by atoms with van der Waals surface area (Å²) in [7, 11) is 0. The van der Waals surface area contributed by atoms with Gasteiger partial charge in [0.2, 0.25) is 5.91 Å². The molecular weight excluding hydrogens is 387 g/mol. The topological polar surface area (TPSA) is 96.2 Å².